The quantitative estimate of drug-likeness (QED) is 0.424. The third kappa shape index (κ3) is 4.45. The lowest BCUT2D eigenvalue weighted by Crippen LogP contribution is -2.59. The summed E-state index contributed by atoms with van der Waals surface area (Å²) < 4.78 is 20.9. The van der Waals surface area contributed by atoms with Crippen molar-refractivity contribution in [2.75, 3.05) is 0 Å². The fourth-order valence-corrected chi connectivity index (χ4v) is 2.70. The predicted octanol–water partition coefficient (Wildman–Crippen LogP) is 0.921. The number of ether oxygens (including phenoxy) is 4. The summed E-state index contributed by atoms with van der Waals surface area (Å²) in [6.45, 7) is 5.35. The summed E-state index contributed by atoms with van der Waals surface area (Å²) >= 11 is 3.22. The number of rotatable bonds is 3. The Morgan fingerprint density at radius 3 is 1.70 bits per heavy atom. The fourth-order valence-electron chi connectivity index (χ4n) is 1.96. The van der Waals surface area contributed by atoms with Crippen LogP contribution < -0.4 is 0 Å². The maximum atomic E-state index is 11.2. The van der Waals surface area contributed by atoms with E-state index < -0.39 is 47.3 Å². The molecule has 1 unspecified atom stereocenters. The number of carbonyl (C=O) groups excluding carboxylic acids is 3. The van der Waals surface area contributed by atoms with E-state index in [9.17, 15) is 14.4 Å². The highest BCUT2D eigenvalue weighted by molar-refractivity contribution is 9.09. The maximum Gasteiger partial charge on any atom is 0.303 e. The third-order valence-corrected chi connectivity index (χ3v) is 3.36. The van der Waals surface area contributed by atoms with Crippen LogP contribution in [0.3, 0.4) is 0 Å². The van der Waals surface area contributed by atoms with Gasteiger partial charge >= 0.3 is 17.9 Å². The normalized spacial score (nSPS) is 33.1. The molecular weight excluding hydrogens is 336 g/mol. The number of hydrogen-bond acceptors (Lipinski definition) is 7. The number of esters is 3. The van der Waals surface area contributed by atoms with E-state index in [2.05, 4.69) is 15.9 Å². The molecule has 0 spiro atoms. The van der Waals surface area contributed by atoms with Crippen LogP contribution in [0.4, 0.5) is 0 Å². The van der Waals surface area contributed by atoms with Gasteiger partial charge in [0.25, 0.3) is 0 Å². The summed E-state index contributed by atoms with van der Waals surface area (Å²) in [7, 11) is 0. The van der Waals surface area contributed by atoms with Gasteiger partial charge in [0, 0.05) is 20.8 Å². The Kier molecular flexibility index (Phi) is 5.94. The molecule has 8 heteroatoms. The van der Waals surface area contributed by atoms with Crippen LogP contribution in [0.2, 0.25) is 0 Å². The minimum absolute atomic E-state index is 0.528. The summed E-state index contributed by atoms with van der Waals surface area (Å²) in [6, 6.07) is 0. The van der Waals surface area contributed by atoms with Gasteiger partial charge in [0.05, 0.1) is 6.10 Å². The van der Waals surface area contributed by atoms with E-state index in [0.29, 0.717) is 0 Å². The van der Waals surface area contributed by atoms with Crippen molar-refractivity contribution in [1.82, 2.24) is 0 Å². The van der Waals surface area contributed by atoms with Gasteiger partial charge in [-0.15, -0.1) is 0 Å². The van der Waals surface area contributed by atoms with Gasteiger partial charge in [-0.2, -0.15) is 0 Å². The van der Waals surface area contributed by atoms with E-state index in [1.54, 1.807) is 6.92 Å². The fraction of sp³-hybridized carbons (Fsp3) is 0.750. The lowest BCUT2D eigenvalue weighted by Gasteiger charge is -2.41. The zero-order valence-corrected chi connectivity index (χ0v) is 13.2. The van der Waals surface area contributed by atoms with Gasteiger partial charge in [-0.25, -0.2) is 0 Å². The molecule has 0 radical (unpaired) electrons. The molecule has 1 saturated heterocycles. The first kappa shape index (κ1) is 16.9. The zero-order valence-electron chi connectivity index (χ0n) is 11.6. The highest BCUT2D eigenvalue weighted by Crippen LogP contribution is 2.31. The molecule has 0 aromatic carbocycles. The van der Waals surface area contributed by atoms with E-state index in [4.69, 9.17) is 18.9 Å². The molecule has 0 N–H and O–H groups in total. The van der Waals surface area contributed by atoms with Gasteiger partial charge in [0.15, 0.2) is 23.3 Å². The number of halogens is 1. The molecule has 1 rings (SSSR count). The minimum atomic E-state index is -0.937. The minimum Gasteiger partial charge on any atom is -0.456 e. The molecule has 0 aromatic rings. The molecule has 0 saturated carbocycles. The number of alkyl halides is 1. The summed E-state index contributed by atoms with van der Waals surface area (Å²) in [6.07, 6.45) is -3.22. The first-order valence-electron chi connectivity index (χ1n) is 6.03. The van der Waals surface area contributed by atoms with Gasteiger partial charge < -0.3 is 18.9 Å². The van der Waals surface area contributed by atoms with E-state index in [1.807, 2.05) is 0 Å². The van der Waals surface area contributed by atoms with Crippen molar-refractivity contribution in [2.45, 2.75) is 57.1 Å². The molecule has 1 fully saturated rings. The van der Waals surface area contributed by atoms with Crippen LogP contribution in [-0.4, -0.2) is 47.3 Å². The van der Waals surface area contributed by atoms with Gasteiger partial charge in [-0.05, 0) is 6.92 Å². The van der Waals surface area contributed by atoms with Gasteiger partial charge in [0.1, 0.15) is 0 Å². The van der Waals surface area contributed by atoms with E-state index in [1.165, 1.54) is 20.8 Å². The lowest BCUT2D eigenvalue weighted by atomic mass is 10.00. The van der Waals surface area contributed by atoms with E-state index in [0.717, 1.165) is 0 Å². The molecule has 1 aliphatic rings. The van der Waals surface area contributed by atoms with Crippen LogP contribution in [0.5, 0.6) is 0 Å². The van der Waals surface area contributed by atoms with Crippen LogP contribution in [0.15, 0.2) is 0 Å². The second kappa shape index (κ2) is 7.03. The summed E-state index contributed by atoms with van der Waals surface area (Å²) in [5, 5.41) is -0.669. The molecular formula is C12H17BrO7. The van der Waals surface area contributed by atoms with Crippen LogP contribution in [-0.2, 0) is 33.3 Å². The van der Waals surface area contributed by atoms with Crippen molar-refractivity contribution in [1.29, 1.82) is 0 Å². The van der Waals surface area contributed by atoms with Crippen molar-refractivity contribution in [3.8, 4) is 0 Å². The van der Waals surface area contributed by atoms with E-state index >= 15 is 0 Å². The summed E-state index contributed by atoms with van der Waals surface area (Å²) in [5.41, 5.74) is 0. The molecule has 1 aliphatic heterocycles. The monoisotopic (exact) mass is 352 g/mol. The highest BCUT2D eigenvalue weighted by Gasteiger charge is 2.49. The van der Waals surface area contributed by atoms with Crippen LogP contribution in [0.1, 0.15) is 27.7 Å². The smallest absolute Gasteiger partial charge is 0.303 e. The highest BCUT2D eigenvalue weighted by atomic mass is 79.9. The van der Waals surface area contributed by atoms with Crippen LogP contribution >= 0.6 is 15.9 Å². The Morgan fingerprint density at radius 2 is 1.25 bits per heavy atom. The molecule has 0 bridgehead atoms. The average molecular weight is 353 g/mol. The average Bonchev–Trinajstić information content (AvgIpc) is 2.27. The van der Waals surface area contributed by atoms with Crippen molar-refractivity contribution >= 4 is 33.8 Å². The first-order chi connectivity index (χ1) is 9.22. The molecule has 0 amide bonds. The maximum absolute atomic E-state index is 11.2. The first-order valence-corrected chi connectivity index (χ1v) is 6.95. The van der Waals surface area contributed by atoms with Crippen LogP contribution in [0, 0.1) is 0 Å². The van der Waals surface area contributed by atoms with Crippen molar-refractivity contribution < 1.29 is 33.3 Å². The summed E-state index contributed by atoms with van der Waals surface area (Å²) in [4.78, 5) is 33.5. The van der Waals surface area contributed by atoms with Gasteiger partial charge in [0.2, 0.25) is 0 Å². The number of carbonyl (C=O) groups is 3. The molecule has 7 nitrogen and oxygen atoms in total. The SMILES string of the molecule is CC(=O)O[C@H]1[C@H](OC(C)=O)[C@@H](C)OC(Br)[C@H]1OC(C)=O. The lowest BCUT2D eigenvalue weighted by molar-refractivity contribution is -0.227. The molecule has 114 valence electrons. The van der Waals surface area contributed by atoms with Crippen molar-refractivity contribution in [3.63, 3.8) is 0 Å². The number of hydrogen-bond donors (Lipinski definition) is 0. The Bertz CT molecular complexity index is 369. The third-order valence-electron chi connectivity index (χ3n) is 2.62. The Hall–Kier alpha value is -1.15. The molecule has 20 heavy (non-hydrogen) atoms. The van der Waals surface area contributed by atoms with Crippen LogP contribution in [0.25, 0.3) is 0 Å². The molecule has 1 heterocycles. The second-order valence-electron chi connectivity index (χ2n) is 4.41. The topological polar surface area (TPSA) is 88.1 Å². The largest absolute Gasteiger partial charge is 0.456 e. The second-order valence-corrected chi connectivity index (χ2v) is 5.32. The predicted molar refractivity (Wildman–Crippen MR) is 69.9 cm³/mol. The van der Waals surface area contributed by atoms with E-state index in [-0.39, 0.29) is 0 Å². The van der Waals surface area contributed by atoms with Gasteiger partial charge in [-0.3, -0.25) is 14.4 Å². The Morgan fingerprint density at radius 1 is 0.850 bits per heavy atom. The summed E-state index contributed by atoms with van der Waals surface area (Å²) in [5.74, 6) is -1.67. The molecule has 0 aliphatic carbocycles. The molecule has 0 aromatic heterocycles. The molecule has 5 atom stereocenters. The Balaban J connectivity index is 3.01. The Labute approximate surface area is 125 Å². The van der Waals surface area contributed by atoms with Crippen molar-refractivity contribution in [2.24, 2.45) is 0 Å². The zero-order chi connectivity index (χ0) is 15.4. The van der Waals surface area contributed by atoms with Gasteiger partial charge in [-0.1, -0.05) is 15.9 Å². The standard InChI is InChI=1S/C12H17BrO7/c1-5-9(18-6(2)14)10(19-7(3)15)11(12(13)17-5)20-8(4)16/h5,9-12H,1-4H3/t5-,9-,10+,11+,12?/m1/s1. The van der Waals surface area contributed by atoms with Crippen molar-refractivity contribution in [3.05, 3.63) is 0 Å².